The van der Waals surface area contributed by atoms with Crippen molar-refractivity contribution in [2.45, 2.75) is 19.8 Å². The highest BCUT2D eigenvalue weighted by Crippen LogP contribution is 2.05. The molecule has 0 atom stereocenters. The van der Waals surface area contributed by atoms with Gasteiger partial charge < -0.3 is 15.5 Å². The Morgan fingerprint density at radius 2 is 2.11 bits per heavy atom. The van der Waals surface area contributed by atoms with E-state index >= 15 is 0 Å². The topological polar surface area (TPSA) is 57.3 Å². The molecule has 0 bridgehead atoms. The number of carbonyl (C=O) groups excluding carboxylic acids is 1. The van der Waals surface area contributed by atoms with E-state index in [0.29, 0.717) is 12.2 Å². The van der Waals surface area contributed by atoms with Crippen molar-refractivity contribution in [2.24, 2.45) is 0 Å². The molecule has 1 aromatic heterocycles. The molecule has 5 nitrogen and oxygen atoms in total. The third kappa shape index (κ3) is 6.20. The second-order valence-electron chi connectivity index (χ2n) is 4.77. The molecule has 1 amide bonds. The number of pyridine rings is 1. The molecule has 1 aromatic rings. The van der Waals surface area contributed by atoms with Gasteiger partial charge in [-0.3, -0.25) is 4.79 Å². The molecular formula is C14H24N4O. The van der Waals surface area contributed by atoms with Gasteiger partial charge in [0, 0.05) is 19.6 Å². The van der Waals surface area contributed by atoms with E-state index in [2.05, 4.69) is 27.4 Å². The van der Waals surface area contributed by atoms with Gasteiger partial charge >= 0.3 is 0 Å². The van der Waals surface area contributed by atoms with Gasteiger partial charge in [0.25, 0.3) is 5.91 Å². The van der Waals surface area contributed by atoms with Crippen molar-refractivity contribution in [3.63, 3.8) is 0 Å². The highest BCUT2D eigenvalue weighted by molar-refractivity contribution is 5.92. The Morgan fingerprint density at radius 1 is 1.32 bits per heavy atom. The smallest absolute Gasteiger partial charge is 0.269 e. The molecular weight excluding hydrogens is 240 g/mol. The van der Waals surface area contributed by atoms with Gasteiger partial charge in [-0.05, 0) is 32.6 Å². The Hall–Kier alpha value is -1.62. The van der Waals surface area contributed by atoms with Crippen molar-refractivity contribution in [2.75, 3.05) is 39.0 Å². The van der Waals surface area contributed by atoms with Gasteiger partial charge in [-0.15, -0.1) is 0 Å². The summed E-state index contributed by atoms with van der Waals surface area (Å²) in [5, 5.41) is 6.11. The van der Waals surface area contributed by atoms with Crippen molar-refractivity contribution < 1.29 is 4.79 Å². The number of nitrogens with zero attached hydrogens (tertiary/aromatic N) is 2. The normalized spacial score (nSPS) is 10.5. The second-order valence-corrected chi connectivity index (χ2v) is 4.77. The van der Waals surface area contributed by atoms with E-state index < -0.39 is 0 Å². The van der Waals surface area contributed by atoms with Gasteiger partial charge in [0.1, 0.15) is 5.69 Å². The first-order chi connectivity index (χ1) is 9.13. The predicted octanol–water partition coefficient (Wildman–Crippen LogP) is 1.58. The number of hydrogen-bond acceptors (Lipinski definition) is 4. The summed E-state index contributed by atoms with van der Waals surface area (Å²) in [5.41, 5.74) is 1.40. The monoisotopic (exact) mass is 264 g/mol. The van der Waals surface area contributed by atoms with Crippen molar-refractivity contribution in [3.05, 3.63) is 24.0 Å². The summed E-state index contributed by atoms with van der Waals surface area (Å²) in [6.07, 6.45) is 3.77. The summed E-state index contributed by atoms with van der Waals surface area (Å²) < 4.78 is 0. The van der Waals surface area contributed by atoms with Crippen LogP contribution in [0.5, 0.6) is 0 Å². The summed E-state index contributed by atoms with van der Waals surface area (Å²) in [7, 11) is 4.06. The number of rotatable bonds is 8. The maximum absolute atomic E-state index is 11.7. The molecule has 106 valence electrons. The summed E-state index contributed by atoms with van der Waals surface area (Å²) >= 11 is 0. The molecule has 0 radical (unpaired) electrons. The third-order valence-electron chi connectivity index (χ3n) is 2.70. The van der Waals surface area contributed by atoms with Crippen molar-refractivity contribution >= 4 is 11.6 Å². The zero-order chi connectivity index (χ0) is 14.1. The van der Waals surface area contributed by atoms with Crippen molar-refractivity contribution in [1.82, 2.24) is 15.2 Å². The highest BCUT2D eigenvalue weighted by Gasteiger charge is 2.05. The summed E-state index contributed by atoms with van der Waals surface area (Å²) in [5.74, 6) is -0.103. The number of carbonyl (C=O) groups is 1. The van der Waals surface area contributed by atoms with Crippen LogP contribution in [0.15, 0.2) is 18.3 Å². The van der Waals surface area contributed by atoms with Gasteiger partial charge in [0.2, 0.25) is 0 Å². The molecule has 0 unspecified atom stereocenters. The van der Waals surface area contributed by atoms with Gasteiger partial charge in [0.15, 0.2) is 0 Å². The number of hydrogen-bond donors (Lipinski definition) is 2. The number of nitrogens with one attached hydrogen (secondary N) is 2. The zero-order valence-electron chi connectivity index (χ0n) is 12.1. The van der Waals surface area contributed by atoms with E-state index in [1.807, 2.05) is 20.2 Å². The lowest BCUT2D eigenvalue weighted by atomic mass is 10.3. The van der Waals surface area contributed by atoms with Crippen LogP contribution in [0.3, 0.4) is 0 Å². The van der Waals surface area contributed by atoms with Gasteiger partial charge in [-0.2, -0.15) is 0 Å². The van der Waals surface area contributed by atoms with Crippen molar-refractivity contribution in [3.8, 4) is 0 Å². The summed E-state index contributed by atoms with van der Waals surface area (Å²) in [6, 6.07) is 3.64. The SMILES string of the molecule is CCCCNC(=O)c1ccc(NCCN(C)C)cn1. The molecule has 0 aliphatic carbocycles. The van der Waals surface area contributed by atoms with Crippen LogP contribution in [-0.4, -0.2) is 49.5 Å². The van der Waals surface area contributed by atoms with E-state index in [0.717, 1.165) is 31.6 Å². The summed E-state index contributed by atoms with van der Waals surface area (Å²) in [6.45, 7) is 4.62. The highest BCUT2D eigenvalue weighted by atomic mass is 16.1. The molecule has 2 N–H and O–H groups in total. The molecule has 5 heteroatoms. The fourth-order valence-electron chi connectivity index (χ4n) is 1.53. The maximum atomic E-state index is 11.7. The van der Waals surface area contributed by atoms with E-state index in [1.54, 1.807) is 12.3 Å². The Balaban J connectivity index is 2.40. The Morgan fingerprint density at radius 3 is 2.68 bits per heavy atom. The maximum Gasteiger partial charge on any atom is 0.269 e. The van der Waals surface area contributed by atoms with Gasteiger partial charge in [-0.1, -0.05) is 13.3 Å². The standard InChI is InChI=1S/C14H24N4O/c1-4-5-8-16-14(19)13-7-6-12(11-17-13)15-9-10-18(2)3/h6-7,11,15H,4-5,8-10H2,1-3H3,(H,16,19). The minimum absolute atomic E-state index is 0.103. The van der Waals surface area contributed by atoms with E-state index in [9.17, 15) is 4.79 Å². The number of likely N-dealkylation sites (N-methyl/N-ethyl adjacent to an activating group) is 1. The quantitative estimate of drug-likeness (QED) is 0.700. The van der Waals surface area contributed by atoms with Crippen LogP contribution in [0.25, 0.3) is 0 Å². The van der Waals surface area contributed by atoms with E-state index in [4.69, 9.17) is 0 Å². The molecule has 1 heterocycles. The minimum Gasteiger partial charge on any atom is -0.383 e. The molecule has 0 aliphatic rings. The molecule has 1 rings (SSSR count). The first-order valence-electron chi connectivity index (χ1n) is 6.76. The number of unbranched alkanes of at least 4 members (excludes halogenated alkanes) is 1. The molecule has 0 aromatic carbocycles. The number of amides is 1. The average molecular weight is 264 g/mol. The first-order valence-corrected chi connectivity index (χ1v) is 6.76. The van der Waals surface area contributed by atoms with Crippen LogP contribution in [0, 0.1) is 0 Å². The fourth-order valence-corrected chi connectivity index (χ4v) is 1.53. The lowest BCUT2D eigenvalue weighted by Gasteiger charge is -2.11. The molecule has 0 spiro atoms. The summed E-state index contributed by atoms with van der Waals surface area (Å²) in [4.78, 5) is 18.0. The fraction of sp³-hybridized carbons (Fsp3) is 0.571. The van der Waals surface area contributed by atoms with E-state index in [1.165, 1.54) is 0 Å². The molecule has 19 heavy (non-hydrogen) atoms. The van der Waals surface area contributed by atoms with Crippen LogP contribution in [0.4, 0.5) is 5.69 Å². The predicted molar refractivity (Wildman–Crippen MR) is 78.5 cm³/mol. The van der Waals surface area contributed by atoms with Crippen LogP contribution in [0.1, 0.15) is 30.3 Å². The van der Waals surface area contributed by atoms with Crippen molar-refractivity contribution in [1.29, 1.82) is 0 Å². The first kappa shape index (κ1) is 15.4. The lowest BCUT2D eigenvalue weighted by molar-refractivity contribution is 0.0948. The Bertz CT molecular complexity index is 376. The lowest BCUT2D eigenvalue weighted by Crippen LogP contribution is -2.25. The van der Waals surface area contributed by atoms with E-state index in [-0.39, 0.29) is 5.91 Å². The van der Waals surface area contributed by atoms with Gasteiger partial charge in [-0.25, -0.2) is 4.98 Å². The Labute approximate surface area is 115 Å². The molecule has 0 aliphatic heterocycles. The molecule has 0 saturated carbocycles. The average Bonchev–Trinajstić information content (AvgIpc) is 2.39. The second kappa shape index (κ2) is 8.48. The van der Waals surface area contributed by atoms with Crippen LogP contribution in [-0.2, 0) is 0 Å². The largest absolute Gasteiger partial charge is 0.383 e. The Kier molecular flexibility index (Phi) is 6.89. The van der Waals surface area contributed by atoms with Gasteiger partial charge in [0.05, 0.1) is 11.9 Å². The van der Waals surface area contributed by atoms with Crippen LogP contribution in [0.2, 0.25) is 0 Å². The van der Waals surface area contributed by atoms with Crippen LogP contribution < -0.4 is 10.6 Å². The van der Waals surface area contributed by atoms with Crippen LogP contribution >= 0.6 is 0 Å². The zero-order valence-corrected chi connectivity index (χ0v) is 12.1. The third-order valence-corrected chi connectivity index (χ3v) is 2.70. The number of aromatic nitrogens is 1. The molecule has 0 fully saturated rings. The number of anilines is 1. The molecule has 0 saturated heterocycles. The minimum atomic E-state index is -0.103.